The van der Waals surface area contributed by atoms with Gasteiger partial charge in [-0.15, -0.1) is 9.05 Å². The Hall–Kier alpha value is -0.100. The molecule has 2 N–H and O–H groups in total. The van der Waals surface area contributed by atoms with Crippen molar-refractivity contribution in [1.29, 1.82) is 0 Å². The first-order chi connectivity index (χ1) is 6.89. The second-order valence-electron chi connectivity index (χ2n) is 4.16. The number of hydrogen-bond donors (Lipinski definition) is 2. The van der Waals surface area contributed by atoms with Gasteiger partial charge in [0, 0.05) is 4.57 Å². The summed E-state index contributed by atoms with van der Waals surface area (Å²) in [5.41, 5.74) is 0. The van der Waals surface area contributed by atoms with E-state index in [9.17, 15) is 4.57 Å². The van der Waals surface area contributed by atoms with E-state index in [2.05, 4.69) is 0 Å². The number of aliphatic hydroxyl groups excluding tert-OH is 2. The zero-order valence-corrected chi connectivity index (χ0v) is 10.3. The molecule has 0 amide bonds. The summed E-state index contributed by atoms with van der Waals surface area (Å²) in [6, 6.07) is 0. The molecule has 0 spiro atoms. The van der Waals surface area contributed by atoms with E-state index < -0.39 is 14.4 Å². The number of rotatable bonds is 8. The highest BCUT2D eigenvalue weighted by atomic mass is 31.1. The fourth-order valence-electron chi connectivity index (χ4n) is 0.666. The first kappa shape index (κ1) is 14.9. The quantitative estimate of drug-likeness (QED) is 0.452. The van der Waals surface area contributed by atoms with E-state index in [-0.39, 0.29) is 13.2 Å². The van der Waals surface area contributed by atoms with E-state index in [0.29, 0.717) is 17.6 Å². The summed E-state index contributed by atoms with van der Waals surface area (Å²) in [5, 5.41) is 17.3. The van der Waals surface area contributed by atoms with Crippen LogP contribution in [0.2, 0.25) is 0 Å². The molecule has 0 aliphatic carbocycles. The zero-order chi connectivity index (χ0) is 11.9. The highest BCUT2D eigenvalue weighted by Crippen LogP contribution is 2.25. The van der Waals surface area contributed by atoms with E-state index in [1.54, 1.807) is 0 Å². The summed E-state index contributed by atoms with van der Waals surface area (Å²) >= 11 is 0. The Morgan fingerprint density at radius 1 is 1.27 bits per heavy atom. The fourth-order valence-corrected chi connectivity index (χ4v) is 1.33. The summed E-state index contributed by atoms with van der Waals surface area (Å²) in [5.74, 6) is 0. The van der Waals surface area contributed by atoms with E-state index in [4.69, 9.17) is 19.3 Å². The summed E-state index contributed by atoms with van der Waals surface area (Å²) in [6.07, 6.45) is -0.835. The molecule has 7 heteroatoms. The smallest absolute Gasteiger partial charge is 0.393 e. The molecule has 0 saturated heterocycles. The third-order valence-electron chi connectivity index (χ3n) is 1.60. The van der Waals surface area contributed by atoms with Crippen LogP contribution >= 0.6 is 8.25 Å². The van der Waals surface area contributed by atoms with Gasteiger partial charge >= 0.3 is 8.25 Å². The number of quaternary nitrogens is 1. The third kappa shape index (κ3) is 8.87. The van der Waals surface area contributed by atoms with Crippen LogP contribution in [0.4, 0.5) is 0 Å². The standard InChI is InChI=1S/C8H20NO5P/c1-9(2,3)4-5-13-15(12)14-8(6-10)7-11/h8,10-11H,4-7H2,1-3H3/q+2. The average molecular weight is 241 g/mol. The normalized spacial score (nSPS) is 13.3. The molecule has 0 aromatic carbocycles. The predicted molar refractivity (Wildman–Crippen MR) is 55.5 cm³/mol. The third-order valence-corrected chi connectivity index (χ3v) is 2.46. The highest BCUT2D eigenvalue weighted by molar-refractivity contribution is 7.33. The fraction of sp³-hybridized carbons (Fsp3) is 1.00. The van der Waals surface area contributed by atoms with Crippen molar-refractivity contribution in [3.63, 3.8) is 0 Å². The minimum atomic E-state index is -2.26. The van der Waals surface area contributed by atoms with E-state index in [1.165, 1.54) is 0 Å². The molecule has 0 heterocycles. The van der Waals surface area contributed by atoms with Gasteiger partial charge in [0.2, 0.25) is 0 Å². The minimum Gasteiger partial charge on any atom is -0.393 e. The molecular formula is C8H20NO5P+2. The zero-order valence-electron chi connectivity index (χ0n) is 9.42. The van der Waals surface area contributed by atoms with Crippen molar-refractivity contribution in [3.05, 3.63) is 0 Å². The lowest BCUT2D eigenvalue weighted by atomic mass is 10.4. The number of nitrogens with zero attached hydrogens (tertiary/aromatic N) is 1. The largest absolute Gasteiger partial charge is 0.698 e. The summed E-state index contributed by atoms with van der Waals surface area (Å²) in [6.45, 7) is 0.252. The van der Waals surface area contributed by atoms with Gasteiger partial charge in [-0.3, -0.25) is 0 Å². The number of likely N-dealkylation sites (N-methyl/N-ethyl adjacent to an activating group) is 1. The summed E-state index contributed by atoms with van der Waals surface area (Å²) in [4.78, 5) is 0. The van der Waals surface area contributed by atoms with Crippen molar-refractivity contribution in [2.45, 2.75) is 6.10 Å². The van der Waals surface area contributed by atoms with Crippen molar-refractivity contribution < 1.29 is 28.3 Å². The molecule has 0 saturated carbocycles. The first-order valence-electron chi connectivity index (χ1n) is 4.68. The molecule has 0 bridgehead atoms. The Labute approximate surface area is 91.0 Å². The molecule has 0 aromatic rings. The van der Waals surface area contributed by atoms with Gasteiger partial charge < -0.3 is 14.7 Å². The summed E-state index contributed by atoms with van der Waals surface area (Å²) < 4.78 is 21.5. The summed E-state index contributed by atoms with van der Waals surface area (Å²) in [7, 11) is 3.70. The molecule has 0 fully saturated rings. The lowest BCUT2D eigenvalue weighted by molar-refractivity contribution is -0.870. The van der Waals surface area contributed by atoms with Crippen LogP contribution in [0.1, 0.15) is 0 Å². The van der Waals surface area contributed by atoms with Crippen LogP contribution in [0.5, 0.6) is 0 Å². The Morgan fingerprint density at radius 3 is 2.20 bits per heavy atom. The van der Waals surface area contributed by atoms with Gasteiger partial charge in [-0.2, -0.15) is 0 Å². The molecule has 0 aliphatic heterocycles. The van der Waals surface area contributed by atoms with Crippen LogP contribution in [0.25, 0.3) is 0 Å². The molecule has 1 unspecified atom stereocenters. The molecule has 0 aliphatic rings. The van der Waals surface area contributed by atoms with E-state index in [1.807, 2.05) is 21.1 Å². The van der Waals surface area contributed by atoms with Crippen molar-refractivity contribution in [2.24, 2.45) is 0 Å². The Morgan fingerprint density at radius 2 is 1.80 bits per heavy atom. The van der Waals surface area contributed by atoms with Crippen LogP contribution in [-0.2, 0) is 13.6 Å². The molecule has 15 heavy (non-hydrogen) atoms. The Balaban J connectivity index is 3.66. The second-order valence-corrected chi connectivity index (χ2v) is 5.08. The second kappa shape index (κ2) is 7.22. The molecule has 0 rings (SSSR count). The van der Waals surface area contributed by atoms with Crippen LogP contribution in [0.3, 0.4) is 0 Å². The Bertz CT molecular complexity index is 190. The maximum atomic E-state index is 11.1. The predicted octanol–water partition coefficient (Wildman–Crippen LogP) is -0.264. The molecule has 0 radical (unpaired) electrons. The molecule has 6 nitrogen and oxygen atoms in total. The van der Waals surface area contributed by atoms with Gasteiger partial charge in [-0.25, -0.2) is 0 Å². The van der Waals surface area contributed by atoms with Gasteiger partial charge in [0.15, 0.2) is 12.7 Å². The van der Waals surface area contributed by atoms with Crippen molar-refractivity contribution in [3.8, 4) is 0 Å². The van der Waals surface area contributed by atoms with E-state index in [0.717, 1.165) is 0 Å². The van der Waals surface area contributed by atoms with Crippen LogP contribution in [0, 0.1) is 0 Å². The average Bonchev–Trinajstić information content (AvgIpc) is 2.12. The lowest BCUT2D eigenvalue weighted by Crippen LogP contribution is -2.37. The number of hydrogen-bond acceptors (Lipinski definition) is 5. The lowest BCUT2D eigenvalue weighted by Gasteiger charge is -2.21. The minimum absolute atomic E-state index is 0.308. The van der Waals surface area contributed by atoms with Crippen LogP contribution in [0.15, 0.2) is 0 Å². The van der Waals surface area contributed by atoms with Crippen molar-refractivity contribution in [1.82, 2.24) is 0 Å². The maximum absolute atomic E-state index is 11.1. The van der Waals surface area contributed by atoms with Crippen LogP contribution in [-0.4, -0.2) is 68.3 Å². The van der Waals surface area contributed by atoms with Crippen molar-refractivity contribution in [2.75, 3.05) is 47.5 Å². The van der Waals surface area contributed by atoms with Gasteiger partial charge in [0.05, 0.1) is 34.4 Å². The first-order valence-corrected chi connectivity index (χ1v) is 5.77. The van der Waals surface area contributed by atoms with E-state index >= 15 is 0 Å². The van der Waals surface area contributed by atoms with Crippen LogP contribution < -0.4 is 0 Å². The maximum Gasteiger partial charge on any atom is 0.698 e. The molecule has 0 aromatic heterocycles. The monoisotopic (exact) mass is 241 g/mol. The van der Waals surface area contributed by atoms with Gasteiger partial charge in [0.25, 0.3) is 0 Å². The number of aliphatic hydroxyl groups is 2. The molecular weight excluding hydrogens is 221 g/mol. The highest BCUT2D eigenvalue weighted by Gasteiger charge is 2.27. The van der Waals surface area contributed by atoms with Gasteiger partial charge in [0.1, 0.15) is 6.54 Å². The molecule has 90 valence electrons. The topological polar surface area (TPSA) is 76.0 Å². The van der Waals surface area contributed by atoms with Gasteiger partial charge in [-0.05, 0) is 0 Å². The van der Waals surface area contributed by atoms with Gasteiger partial charge in [-0.1, -0.05) is 0 Å². The Kier molecular flexibility index (Phi) is 7.17. The molecule has 1 atom stereocenters. The SMILES string of the molecule is C[N+](C)(C)CCO[P+](=O)OC(CO)CO. The van der Waals surface area contributed by atoms with Crippen molar-refractivity contribution >= 4 is 8.25 Å².